The molecule has 1 atom stereocenters. The largest absolute Gasteiger partial charge is 0.462 e. The lowest BCUT2D eigenvalue weighted by Crippen LogP contribution is -2.30. The average Bonchev–Trinajstić information content (AvgIpc) is 3.28. The van der Waals surface area contributed by atoms with E-state index in [1.807, 2.05) is 12.2 Å². The molecule has 0 rings (SSSR count). The van der Waals surface area contributed by atoms with Gasteiger partial charge in [-0.1, -0.05) is 208 Å². The zero-order valence-electron chi connectivity index (χ0n) is 40.8. The summed E-state index contributed by atoms with van der Waals surface area (Å²) in [5.41, 5.74) is 0. The lowest BCUT2D eigenvalue weighted by atomic mass is 10.1. The van der Waals surface area contributed by atoms with Gasteiger partial charge in [-0.3, -0.25) is 14.4 Å². The first-order chi connectivity index (χ1) is 31.0. The van der Waals surface area contributed by atoms with Gasteiger partial charge in [0.15, 0.2) is 6.10 Å². The molecule has 0 radical (unpaired) electrons. The molecule has 6 nitrogen and oxygen atoms in total. The van der Waals surface area contributed by atoms with Gasteiger partial charge in [-0.25, -0.2) is 0 Å². The molecule has 0 saturated heterocycles. The molecule has 0 heterocycles. The van der Waals surface area contributed by atoms with Crippen molar-refractivity contribution in [2.45, 2.75) is 232 Å². The molecule has 0 saturated carbocycles. The SMILES string of the molecule is CC/C=C\C/C=C\C/C=C\C/C=C\CCCCCCCCC(=O)OCC(COC(=O)CC/C=C\C/C=C\CCCCCCCC)OC(=O)CC/C=C\C/C=C\CCCCCCCC. The van der Waals surface area contributed by atoms with Gasteiger partial charge in [0.1, 0.15) is 13.2 Å². The van der Waals surface area contributed by atoms with Crippen molar-refractivity contribution in [2.75, 3.05) is 13.2 Å². The van der Waals surface area contributed by atoms with Crippen LogP contribution in [0.25, 0.3) is 0 Å². The summed E-state index contributed by atoms with van der Waals surface area (Å²) in [6, 6.07) is 0. The van der Waals surface area contributed by atoms with E-state index in [4.69, 9.17) is 14.2 Å². The van der Waals surface area contributed by atoms with Crippen LogP contribution in [0.3, 0.4) is 0 Å². The van der Waals surface area contributed by atoms with Crippen LogP contribution in [0, 0.1) is 0 Å². The maximum Gasteiger partial charge on any atom is 0.306 e. The van der Waals surface area contributed by atoms with Crippen molar-refractivity contribution in [3.8, 4) is 0 Å². The second-order valence-corrected chi connectivity index (χ2v) is 16.7. The van der Waals surface area contributed by atoms with Crippen LogP contribution in [0.4, 0.5) is 0 Å². The van der Waals surface area contributed by atoms with Gasteiger partial charge < -0.3 is 14.2 Å². The molecule has 0 aliphatic carbocycles. The zero-order chi connectivity index (χ0) is 45.8. The minimum absolute atomic E-state index is 0.126. The minimum atomic E-state index is -0.836. The Morgan fingerprint density at radius 1 is 0.333 bits per heavy atom. The smallest absolute Gasteiger partial charge is 0.306 e. The summed E-state index contributed by atoms with van der Waals surface area (Å²) in [5.74, 6) is -1.08. The van der Waals surface area contributed by atoms with Crippen molar-refractivity contribution >= 4 is 17.9 Å². The highest BCUT2D eigenvalue weighted by Gasteiger charge is 2.19. The first kappa shape index (κ1) is 59.3. The topological polar surface area (TPSA) is 78.9 Å². The molecule has 0 aromatic heterocycles. The Hall–Kier alpha value is -3.67. The Kier molecular flexibility index (Phi) is 48.0. The van der Waals surface area contributed by atoms with Gasteiger partial charge in [-0.05, 0) is 96.3 Å². The fourth-order valence-electron chi connectivity index (χ4n) is 6.71. The summed E-state index contributed by atoms with van der Waals surface area (Å²) in [5, 5.41) is 0. The average molecular weight is 875 g/mol. The van der Waals surface area contributed by atoms with E-state index >= 15 is 0 Å². The van der Waals surface area contributed by atoms with Crippen LogP contribution in [0.1, 0.15) is 226 Å². The van der Waals surface area contributed by atoms with Crippen molar-refractivity contribution in [2.24, 2.45) is 0 Å². The molecular formula is C57H94O6. The minimum Gasteiger partial charge on any atom is -0.462 e. The number of carbonyl (C=O) groups is 3. The van der Waals surface area contributed by atoms with Crippen molar-refractivity contribution < 1.29 is 28.6 Å². The molecule has 358 valence electrons. The third-order valence-corrected chi connectivity index (χ3v) is 10.6. The number of carbonyl (C=O) groups excluding carboxylic acids is 3. The van der Waals surface area contributed by atoms with Crippen LogP contribution >= 0.6 is 0 Å². The molecule has 0 fully saturated rings. The molecule has 0 N–H and O–H groups in total. The summed E-state index contributed by atoms with van der Waals surface area (Å²) in [6.45, 7) is 6.38. The summed E-state index contributed by atoms with van der Waals surface area (Å²) in [6.07, 6.45) is 67.0. The van der Waals surface area contributed by atoms with Crippen LogP contribution in [0.15, 0.2) is 97.2 Å². The van der Waals surface area contributed by atoms with E-state index < -0.39 is 12.1 Å². The van der Waals surface area contributed by atoms with Crippen LogP contribution in [-0.2, 0) is 28.6 Å². The fraction of sp³-hybridized carbons (Fsp3) is 0.667. The van der Waals surface area contributed by atoms with Crippen LogP contribution < -0.4 is 0 Å². The van der Waals surface area contributed by atoms with E-state index in [9.17, 15) is 14.4 Å². The van der Waals surface area contributed by atoms with Crippen LogP contribution in [-0.4, -0.2) is 37.2 Å². The maximum absolute atomic E-state index is 12.7. The molecule has 6 heteroatoms. The molecule has 0 bridgehead atoms. The van der Waals surface area contributed by atoms with E-state index in [1.165, 1.54) is 89.9 Å². The Morgan fingerprint density at radius 2 is 0.651 bits per heavy atom. The third-order valence-electron chi connectivity index (χ3n) is 10.6. The molecule has 0 amide bonds. The lowest BCUT2D eigenvalue weighted by molar-refractivity contribution is -0.166. The van der Waals surface area contributed by atoms with Crippen molar-refractivity contribution in [3.05, 3.63) is 97.2 Å². The Balaban J connectivity index is 4.51. The molecule has 0 aliphatic heterocycles. The van der Waals surface area contributed by atoms with E-state index in [2.05, 4.69) is 106 Å². The number of hydrogen-bond acceptors (Lipinski definition) is 6. The van der Waals surface area contributed by atoms with Crippen molar-refractivity contribution in [1.29, 1.82) is 0 Å². The standard InChI is InChI=1S/C57H94O6/c1-4-7-10-13-16-19-22-25-26-27-28-29-30-33-35-38-41-44-47-50-56(59)62-53-54(63-57(60)51-48-45-42-39-36-32-24-21-18-15-12-9-6-3)52-61-55(58)49-46-43-40-37-34-31-23-20-17-14-11-8-5-2/h7,10,16,19,25-26,28-29,31-32,34,36,40,42-43,45,54H,4-6,8-9,11-15,17-18,20-24,27,30,33,35,37-39,41,44,46-53H2,1-3H3/b10-7-,19-16-,26-25-,29-28-,34-31-,36-32-,43-40-,45-42-. The summed E-state index contributed by atoms with van der Waals surface area (Å²) in [7, 11) is 0. The lowest BCUT2D eigenvalue weighted by Gasteiger charge is -2.18. The highest BCUT2D eigenvalue weighted by atomic mass is 16.6. The number of unbranched alkanes of at least 4 members (excludes halogenated alkanes) is 18. The maximum atomic E-state index is 12.7. The highest BCUT2D eigenvalue weighted by molar-refractivity contribution is 5.71. The molecule has 63 heavy (non-hydrogen) atoms. The van der Waals surface area contributed by atoms with Crippen LogP contribution in [0.2, 0.25) is 0 Å². The van der Waals surface area contributed by atoms with Crippen molar-refractivity contribution in [3.63, 3.8) is 0 Å². The molecule has 0 aliphatic rings. The van der Waals surface area contributed by atoms with E-state index in [0.717, 1.165) is 83.5 Å². The summed E-state index contributed by atoms with van der Waals surface area (Å²) >= 11 is 0. The van der Waals surface area contributed by atoms with E-state index in [-0.39, 0.29) is 38.0 Å². The normalized spacial score (nSPS) is 12.9. The second kappa shape index (κ2) is 51.0. The molecular weight excluding hydrogens is 781 g/mol. The van der Waals surface area contributed by atoms with Gasteiger partial charge in [0.25, 0.3) is 0 Å². The van der Waals surface area contributed by atoms with Gasteiger partial charge in [0, 0.05) is 19.3 Å². The van der Waals surface area contributed by atoms with E-state index in [1.54, 1.807) is 0 Å². The number of ether oxygens (including phenoxy) is 3. The predicted molar refractivity (Wildman–Crippen MR) is 270 cm³/mol. The summed E-state index contributed by atoms with van der Waals surface area (Å²) in [4.78, 5) is 37.9. The third kappa shape index (κ3) is 49.2. The zero-order valence-corrected chi connectivity index (χ0v) is 40.8. The van der Waals surface area contributed by atoms with Gasteiger partial charge in [0.05, 0.1) is 0 Å². The highest BCUT2D eigenvalue weighted by Crippen LogP contribution is 2.12. The first-order valence-corrected chi connectivity index (χ1v) is 25.7. The molecule has 1 unspecified atom stereocenters. The summed E-state index contributed by atoms with van der Waals surface area (Å²) < 4.78 is 16.6. The fourth-order valence-corrected chi connectivity index (χ4v) is 6.71. The Bertz CT molecular complexity index is 1280. The number of hydrogen-bond donors (Lipinski definition) is 0. The van der Waals surface area contributed by atoms with E-state index in [0.29, 0.717) is 19.3 Å². The van der Waals surface area contributed by atoms with Gasteiger partial charge in [-0.15, -0.1) is 0 Å². The first-order valence-electron chi connectivity index (χ1n) is 25.7. The Morgan fingerprint density at radius 3 is 1.06 bits per heavy atom. The second-order valence-electron chi connectivity index (χ2n) is 16.7. The number of allylic oxidation sites excluding steroid dienone is 16. The number of esters is 3. The molecule has 0 spiro atoms. The quantitative estimate of drug-likeness (QED) is 0.0262. The van der Waals surface area contributed by atoms with Crippen LogP contribution in [0.5, 0.6) is 0 Å². The number of rotatable bonds is 45. The Labute approximate surface area is 387 Å². The molecule has 0 aromatic carbocycles. The predicted octanol–water partition coefficient (Wildman–Crippen LogP) is 17.0. The molecule has 0 aromatic rings. The van der Waals surface area contributed by atoms with Gasteiger partial charge >= 0.3 is 17.9 Å². The van der Waals surface area contributed by atoms with Gasteiger partial charge in [-0.2, -0.15) is 0 Å². The van der Waals surface area contributed by atoms with Crippen molar-refractivity contribution in [1.82, 2.24) is 0 Å². The monoisotopic (exact) mass is 875 g/mol. The van der Waals surface area contributed by atoms with Gasteiger partial charge in [0.2, 0.25) is 0 Å².